The van der Waals surface area contributed by atoms with Crippen molar-refractivity contribution < 1.29 is 28.6 Å². The molecule has 2 fully saturated rings. The number of ketones is 1. The zero-order valence-electron chi connectivity index (χ0n) is 17.7. The zero-order valence-corrected chi connectivity index (χ0v) is 17.7. The van der Waals surface area contributed by atoms with E-state index >= 15 is 0 Å². The summed E-state index contributed by atoms with van der Waals surface area (Å²) in [5.74, 6) is -2.63. The van der Waals surface area contributed by atoms with Gasteiger partial charge in [-0.15, -0.1) is 0 Å². The van der Waals surface area contributed by atoms with Gasteiger partial charge in [-0.25, -0.2) is 4.39 Å². The highest BCUT2D eigenvalue weighted by Gasteiger charge is 2.46. The first-order valence-electron chi connectivity index (χ1n) is 10.3. The molecule has 32 heavy (non-hydrogen) atoms. The van der Waals surface area contributed by atoms with E-state index in [1.54, 1.807) is 24.5 Å². The Labute approximate surface area is 184 Å². The standard InChI is InChI=1S/C23H24FN3O5/c1-31-18-5-4-15(13-17(18)24)21(28)19-20(16-3-2-6-25-14-16)27(23(30)22(19)29)8-7-26-9-11-32-12-10-26/h2-6,13-14,20,28H,7-12H2,1H3/t20-/m0/s1. The number of Topliss-reactive ketones (excluding diaryl/α,β-unsaturated/α-hetero) is 1. The van der Waals surface area contributed by atoms with Crippen molar-refractivity contribution in [2.24, 2.45) is 0 Å². The van der Waals surface area contributed by atoms with E-state index in [9.17, 15) is 19.1 Å². The smallest absolute Gasteiger partial charge is 0.295 e. The molecule has 8 nitrogen and oxygen atoms in total. The maximum atomic E-state index is 14.2. The second kappa shape index (κ2) is 9.46. The highest BCUT2D eigenvalue weighted by atomic mass is 19.1. The lowest BCUT2D eigenvalue weighted by Crippen LogP contribution is -2.42. The molecule has 1 aromatic heterocycles. The van der Waals surface area contributed by atoms with Crippen LogP contribution in [0.3, 0.4) is 0 Å². The van der Waals surface area contributed by atoms with Gasteiger partial charge < -0.3 is 19.5 Å². The number of aromatic nitrogens is 1. The number of carbonyl (C=O) groups is 2. The van der Waals surface area contributed by atoms with Crippen LogP contribution in [0.25, 0.3) is 5.76 Å². The van der Waals surface area contributed by atoms with E-state index < -0.39 is 29.3 Å². The minimum absolute atomic E-state index is 0.0105. The maximum absolute atomic E-state index is 14.2. The van der Waals surface area contributed by atoms with Crippen molar-refractivity contribution >= 4 is 17.4 Å². The monoisotopic (exact) mass is 441 g/mol. The molecular formula is C23H24FN3O5. The quantitative estimate of drug-likeness (QED) is 0.416. The number of methoxy groups -OCH3 is 1. The molecule has 1 aromatic carbocycles. The SMILES string of the molecule is COc1ccc(C(O)=C2C(=O)C(=O)N(CCN3CCOCC3)[C@H]2c2cccnc2)cc1F. The molecule has 168 valence electrons. The van der Waals surface area contributed by atoms with E-state index in [1.165, 1.54) is 24.1 Å². The van der Waals surface area contributed by atoms with Crippen molar-refractivity contribution in [3.05, 3.63) is 65.2 Å². The van der Waals surface area contributed by atoms with Crippen LogP contribution in [0.4, 0.5) is 4.39 Å². The number of ether oxygens (including phenoxy) is 2. The highest BCUT2D eigenvalue weighted by Crippen LogP contribution is 2.39. The van der Waals surface area contributed by atoms with E-state index in [1.807, 2.05) is 0 Å². The largest absolute Gasteiger partial charge is 0.507 e. The number of nitrogens with zero attached hydrogens (tertiary/aromatic N) is 3. The summed E-state index contributed by atoms with van der Waals surface area (Å²) in [5, 5.41) is 11.0. The summed E-state index contributed by atoms with van der Waals surface area (Å²) in [5.41, 5.74) is 0.585. The number of halogens is 1. The summed E-state index contributed by atoms with van der Waals surface area (Å²) in [6, 6.07) is 6.50. The van der Waals surface area contributed by atoms with E-state index in [0.717, 1.165) is 19.2 Å². The first kappa shape index (κ1) is 21.9. The number of hydrogen-bond acceptors (Lipinski definition) is 7. The number of morpholine rings is 1. The van der Waals surface area contributed by atoms with Gasteiger partial charge >= 0.3 is 0 Å². The minimum atomic E-state index is -0.824. The third kappa shape index (κ3) is 4.21. The maximum Gasteiger partial charge on any atom is 0.295 e. The summed E-state index contributed by atoms with van der Waals surface area (Å²) in [7, 11) is 1.33. The first-order valence-corrected chi connectivity index (χ1v) is 10.3. The van der Waals surface area contributed by atoms with Gasteiger partial charge in [0.15, 0.2) is 11.6 Å². The Bertz CT molecular complexity index is 1040. The van der Waals surface area contributed by atoms with Crippen molar-refractivity contribution in [2.45, 2.75) is 6.04 Å². The number of pyridine rings is 1. The van der Waals surface area contributed by atoms with Crippen LogP contribution in [-0.2, 0) is 14.3 Å². The Balaban J connectivity index is 1.72. The van der Waals surface area contributed by atoms with Crippen molar-refractivity contribution in [1.29, 1.82) is 0 Å². The molecule has 1 atom stereocenters. The fourth-order valence-corrected chi connectivity index (χ4v) is 4.04. The predicted molar refractivity (Wildman–Crippen MR) is 113 cm³/mol. The average molecular weight is 441 g/mol. The third-order valence-corrected chi connectivity index (χ3v) is 5.73. The molecule has 0 bridgehead atoms. The van der Waals surface area contributed by atoms with Crippen molar-refractivity contribution in [1.82, 2.24) is 14.8 Å². The fraction of sp³-hybridized carbons (Fsp3) is 0.348. The van der Waals surface area contributed by atoms with Gasteiger partial charge in [-0.1, -0.05) is 6.07 Å². The van der Waals surface area contributed by atoms with Gasteiger partial charge in [-0.05, 0) is 29.8 Å². The molecule has 1 amide bonds. The van der Waals surface area contributed by atoms with Crippen LogP contribution in [0.15, 0.2) is 48.3 Å². The van der Waals surface area contributed by atoms with Crippen LogP contribution < -0.4 is 4.74 Å². The number of likely N-dealkylation sites (tertiary alicyclic amines) is 1. The molecule has 0 aliphatic carbocycles. The number of benzene rings is 1. The van der Waals surface area contributed by atoms with Crippen LogP contribution in [0.1, 0.15) is 17.2 Å². The van der Waals surface area contributed by atoms with E-state index in [2.05, 4.69) is 9.88 Å². The molecular weight excluding hydrogens is 417 g/mol. The molecule has 4 rings (SSSR count). The summed E-state index contributed by atoms with van der Waals surface area (Å²) < 4.78 is 24.5. The Morgan fingerprint density at radius 1 is 1.25 bits per heavy atom. The Morgan fingerprint density at radius 2 is 2.03 bits per heavy atom. The summed E-state index contributed by atoms with van der Waals surface area (Å²) >= 11 is 0. The molecule has 2 aliphatic heterocycles. The number of carbonyl (C=O) groups excluding carboxylic acids is 2. The topological polar surface area (TPSA) is 92.2 Å². The molecule has 2 aliphatic rings. The molecule has 2 saturated heterocycles. The first-order chi connectivity index (χ1) is 15.5. The Hall–Kier alpha value is -3.30. The number of amides is 1. The molecule has 3 heterocycles. The van der Waals surface area contributed by atoms with Crippen LogP contribution >= 0.6 is 0 Å². The Morgan fingerprint density at radius 3 is 2.69 bits per heavy atom. The fourth-order valence-electron chi connectivity index (χ4n) is 4.04. The summed E-state index contributed by atoms with van der Waals surface area (Å²) in [4.78, 5) is 33.7. The zero-order chi connectivity index (χ0) is 22.7. The van der Waals surface area contributed by atoms with Gasteiger partial charge in [-0.2, -0.15) is 0 Å². The van der Waals surface area contributed by atoms with Crippen LogP contribution in [0.2, 0.25) is 0 Å². The van der Waals surface area contributed by atoms with Gasteiger partial charge in [0.25, 0.3) is 11.7 Å². The van der Waals surface area contributed by atoms with Gasteiger partial charge in [-0.3, -0.25) is 19.5 Å². The average Bonchev–Trinajstić information content (AvgIpc) is 3.08. The van der Waals surface area contributed by atoms with Crippen LogP contribution in [0.5, 0.6) is 5.75 Å². The Kier molecular flexibility index (Phi) is 6.48. The molecule has 0 radical (unpaired) electrons. The number of aliphatic hydroxyl groups is 1. The second-order valence-corrected chi connectivity index (χ2v) is 7.58. The van der Waals surface area contributed by atoms with Crippen molar-refractivity contribution in [2.75, 3.05) is 46.5 Å². The summed E-state index contributed by atoms with van der Waals surface area (Å²) in [6.07, 6.45) is 3.14. The number of aliphatic hydroxyl groups excluding tert-OH is 1. The lowest BCUT2D eigenvalue weighted by Gasteiger charge is -2.30. The van der Waals surface area contributed by atoms with Gasteiger partial charge in [0.05, 0.1) is 31.9 Å². The highest BCUT2D eigenvalue weighted by molar-refractivity contribution is 6.46. The van der Waals surface area contributed by atoms with Gasteiger partial charge in [0.1, 0.15) is 5.76 Å². The minimum Gasteiger partial charge on any atom is -0.507 e. The third-order valence-electron chi connectivity index (χ3n) is 5.73. The normalized spacial score (nSPS) is 21.2. The second-order valence-electron chi connectivity index (χ2n) is 7.58. The number of hydrogen-bond donors (Lipinski definition) is 1. The lowest BCUT2D eigenvalue weighted by molar-refractivity contribution is -0.140. The molecule has 0 unspecified atom stereocenters. The van der Waals surface area contributed by atoms with Crippen molar-refractivity contribution in [3.63, 3.8) is 0 Å². The van der Waals surface area contributed by atoms with Crippen LogP contribution in [-0.4, -0.2) is 78.1 Å². The predicted octanol–water partition coefficient (Wildman–Crippen LogP) is 1.98. The van der Waals surface area contributed by atoms with E-state index in [4.69, 9.17) is 9.47 Å². The van der Waals surface area contributed by atoms with Gasteiger partial charge in [0.2, 0.25) is 0 Å². The van der Waals surface area contributed by atoms with Gasteiger partial charge in [0, 0.05) is 44.1 Å². The van der Waals surface area contributed by atoms with Crippen molar-refractivity contribution in [3.8, 4) is 5.75 Å². The number of rotatable bonds is 6. The molecule has 0 spiro atoms. The lowest BCUT2D eigenvalue weighted by atomic mass is 9.96. The van der Waals surface area contributed by atoms with E-state index in [0.29, 0.717) is 25.3 Å². The summed E-state index contributed by atoms with van der Waals surface area (Å²) in [6.45, 7) is 3.57. The molecule has 9 heteroatoms. The molecule has 0 saturated carbocycles. The molecule has 2 aromatic rings. The van der Waals surface area contributed by atoms with Crippen LogP contribution in [0, 0.1) is 5.82 Å². The van der Waals surface area contributed by atoms with E-state index in [-0.39, 0.29) is 23.4 Å². The molecule has 1 N–H and O–H groups in total.